The Kier molecular flexibility index (Phi) is 5.42. The number of aliphatic hydroxyl groups is 1. The summed E-state index contributed by atoms with van der Waals surface area (Å²) < 4.78 is 40.4. The molecule has 0 aromatic heterocycles. The van der Waals surface area contributed by atoms with Crippen LogP contribution in [0.5, 0.6) is 5.75 Å². The van der Waals surface area contributed by atoms with Crippen molar-refractivity contribution >= 4 is 11.6 Å². The maximum Gasteiger partial charge on any atom is 0.573 e. The van der Waals surface area contributed by atoms with E-state index in [1.807, 2.05) is 6.92 Å². The predicted octanol–water partition coefficient (Wildman–Crippen LogP) is 3.88. The summed E-state index contributed by atoms with van der Waals surface area (Å²) in [5, 5.41) is 9.98. The monoisotopic (exact) mass is 345 g/mol. The Labute approximate surface area is 139 Å². The highest BCUT2D eigenvalue weighted by Gasteiger charge is 2.34. The van der Waals surface area contributed by atoms with Crippen LogP contribution in [0, 0.1) is 5.92 Å². The Morgan fingerprint density at radius 3 is 2.29 bits per heavy atom. The van der Waals surface area contributed by atoms with Gasteiger partial charge >= 0.3 is 6.36 Å². The summed E-state index contributed by atoms with van der Waals surface area (Å²) in [4.78, 5) is 14.2. The molecular weight excluding hydrogens is 323 g/mol. The molecule has 0 bridgehead atoms. The third kappa shape index (κ3) is 4.87. The van der Waals surface area contributed by atoms with E-state index in [1.165, 1.54) is 24.3 Å². The highest BCUT2D eigenvalue weighted by Crippen LogP contribution is 2.34. The molecule has 1 N–H and O–H groups in total. The molecule has 0 radical (unpaired) electrons. The van der Waals surface area contributed by atoms with Crippen molar-refractivity contribution in [1.29, 1.82) is 0 Å². The van der Waals surface area contributed by atoms with Gasteiger partial charge < -0.3 is 14.7 Å². The van der Waals surface area contributed by atoms with Gasteiger partial charge in [0.2, 0.25) is 5.91 Å². The lowest BCUT2D eigenvalue weighted by molar-refractivity contribution is -0.274. The van der Waals surface area contributed by atoms with Crippen LogP contribution in [0.25, 0.3) is 0 Å². The van der Waals surface area contributed by atoms with Crippen LogP contribution in [-0.2, 0) is 4.79 Å². The van der Waals surface area contributed by atoms with Gasteiger partial charge in [0, 0.05) is 18.2 Å². The summed E-state index contributed by atoms with van der Waals surface area (Å²) in [6, 6.07) is 5.29. The molecule has 1 saturated carbocycles. The standard InChI is InChI=1S/C17H22F3NO3/c1-3-21(15(22)12-8-10-16(2,23)11-9-12)13-4-6-14(7-5-13)24-17(18,19)20/h4-7,12,23H,3,8-11H2,1-2H3. The van der Waals surface area contributed by atoms with Crippen LogP contribution in [0.4, 0.5) is 18.9 Å². The molecule has 2 rings (SSSR count). The predicted molar refractivity (Wildman–Crippen MR) is 83.7 cm³/mol. The molecule has 4 nitrogen and oxygen atoms in total. The molecule has 1 aromatic rings. The lowest BCUT2D eigenvalue weighted by Crippen LogP contribution is -2.40. The first kappa shape index (κ1) is 18.6. The fraction of sp³-hybridized carbons (Fsp3) is 0.588. The molecule has 7 heteroatoms. The molecule has 1 aromatic carbocycles. The second-order valence-corrected chi connectivity index (χ2v) is 6.40. The molecular formula is C17H22F3NO3. The smallest absolute Gasteiger partial charge is 0.406 e. The van der Waals surface area contributed by atoms with Crippen molar-refractivity contribution in [3.8, 4) is 5.75 Å². The zero-order valence-electron chi connectivity index (χ0n) is 13.8. The van der Waals surface area contributed by atoms with E-state index in [4.69, 9.17) is 0 Å². The summed E-state index contributed by atoms with van der Waals surface area (Å²) in [6.07, 6.45) is -2.38. The minimum atomic E-state index is -4.74. The number of carbonyl (C=O) groups excluding carboxylic acids is 1. The highest BCUT2D eigenvalue weighted by atomic mass is 19.4. The van der Waals surface area contributed by atoms with Crippen LogP contribution in [-0.4, -0.2) is 29.5 Å². The van der Waals surface area contributed by atoms with Gasteiger partial charge in [-0.1, -0.05) is 0 Å². The van der Waals surface area contributed by atoms with Gasteiger partial charge in [0.15, 0.2) is 0 Å². The van der Waals surface area contributed by atoms with Crippen LogP contribution in [0.2, 0.25) is 0 Å². The molecule has 0 aliphatic heterocycles. The highest BCUT2D eigenvalue weighted by molar-refractivity contribution is 5.95. The van der Waals surface area contributed by atoms with E-state index >= 15 is 0 Å². The minimum Gasteiger partial charge on any atom is -0.406 e. The van der Waals surface area contributed by atoms with Gasteiger partial charge in [-0.3, -0.25) is 4.79 Å². The van der Waals surface area contributed by atoms with E-state index in [-0.39, 0.29) is 17.6 Å². The molecule has 0 saturated heterocycles. The van der Waals surface area contributed by atoms with Gasteiger partial charge in [0.25, 0.3) is 0 Å². The van der Waals surface area contributed by atoms with Crippen molar-refractivity contribution in [3.63, 3.8) is 0 Å². The number of rotatable bonds is 4. The first-order valence-electron chi connectivity index (χ1n) is 8.01. The maximum absolute atomic E-state index is 12.7. The fourth-order valence-electron chi connectivity index (χ4n) is 3.00. The third-order valence-electron chi connectivity index (χ3n) is 4.38. The first-order valence-corrected chi connectivity index (χ1v) is 8.01. The van der Waals surface area contributed by atoms with E-state index in [9.17, 15) is 23.1 Å². The summed E-state index contributed by atoms with van der Waals surface area (Å²) in [5.41, 5.74) is -0.181. The zero-order chi connectivity index (χ0) is 18.0. The number of amides is 1. The Morgan fingerprint density at radius 1 is 1.29 bits per heavy atom. The zero-order valence-corrected chi connectivity index (χ0v) is 13.8. The Bertz CT molecular complexity index is 559. The molecule has 1 amide bonds. The third-order valence-corrected chi connectivity index (χ3v) is 4.38. The SMILES string of the molecule is CCN(C(=O)C1CCC(C)(O)CC1)c1ccc(OC(F)(F)F)cc1. The lowest BCUT2D eigenvalue weighted by atomic mass is 9.79. The first-order chi connectivity index (χ1) is 11.1. The van der Waals surface area contributed by atoms with E-state index in [0.717, 1.165) is 0 Å². The normalized spacial score (nSPS) is 24.5. The van der Waals surface area contributed by atoms with Crippen molar-refractivity contribution in [1.82, 2.24) is 0 Å². The quantitative estimate of drug-likeness (QED) is 0.901. The van der Waals surface area contributed by atoms with Gasteiger partial charge in [-0.25, -0.2) is 0 Å². The second-order valence-electron chi connectivity index (χ2n) is 6.40. The van der Waals surface area contributed by atoms with Gasteiger partial charge in [-0.05, 0) is 63.8 Å². The van der Waals surface area contributed by atoms with E-state index in [1.54, 1.807) is 11.8 Å². The number of alkyl halides is 3. The van der Waals surface area contributed by atoms with Gasteiger partial charge in [-0.15, -0.1) is 13.2 Å². The van der Waals surface area contributed by atoms with E-state index in [2.05, 4.69) is 4.74 Å². The van der Waals surface area contributed by atoms with Crippen molar-refractivity contribution in [2.75, 3.05) is 11.4 Å². The number of hydrogen-bond donors (Lipinski definition) is 1. The summed E-state index contributed by atoms with van der Waals surface area (Å²) in [6.45, 7) is 4.01. The Balaban J connectivity index is 2.06. The minimum absolute atomic E-state index is 0.0579. The fourth-order valence-corrected chi connectivity index (χ4v) is 3.00. The molecule has 1 aliphatic rings. The summed E-state index contributed by atoms with van der Waals surface area (Å²) in [7, 11) is 0. The molecule has 1 aliphatic carbocycles. The van der Waals surface area contributed by atoms with Crippen LogP contribution in [0.1, 0.15) is 39.5 Å². The number of hydrogen-bond acceptors (Lipinski definition) is 3. The summed E-state index contributed by atoms with van der Waals surface area (Å²) >= 11 is 0. The van der Waals surface area contributed by atoms with Gasteiger partial charge in [0.05, 0.1) is 5.60 Å². The van der Waals surface area contributed by atoms with Crippen LogP contribution < -0.4 is 9.64 Å². The molecule has 0 heterocycles. The van der Waals surface area contributed by atoms with E-state index < -0.39 is 12.0 Å². The number of ether oxygens (including phenoxy) is 1. The molecule has 134 valence electrons. The lowest BCUT2D eigenvalue weighted by Gasteiger charge is -2.34. The van der Waals surface area contributed by atoms with Gasteiger partial charge in [0.1, 0.15) is 5.75 Å². The van der Waals surface area contributed by atoms with E-state index in [0.29, 0.717) is 37.9 Å². The molecule has 0 spiro atoms. The van der Waals surface area contributed by atoms with Gasteiger partial charge in [-0.2, -0.15) is 0 Å². The summed E-state index contributed by atoms with van der Waals surface area (Å²) in [5.74, 6) is -0.544. The average molecular weight is 345 g/mol. The number of halogens is 3. The topological polar surface area (TPSA) is 49.8 Å². The van der Waals surface area contributed by atoms with Crippen molar-refractivity contribution in [3.05, 3.63) is 24.3 Å². The number of benzene rings is 1. The van der Waals surface area contributed by atoms with Crippen LogP contribution >= 0.6 is 0 Å². The average Bonchev–Trinajstić information content (AvgIpc) is 2.48. The Morgan fingerprint density at radius 2 is 1.83 bits per heavy atom. The largest absolute Gasteiger partial charge is 0.573 e. The number of anilines is 1. The maximum atomic E-state index is 12.7. The molecule has 1 fully saturated rings. The van der Waals surface area contributed by atoms with Crippen molar-refractivity contribution in [2.24, 2.45) is 5.92 Å². The van der Waals surface area contributed by atoms with Crippen molar-refractivity contribution in [2.45, 2.75) is 51.5 Å². The number of carbonyl (C=O) groups is 1. The van der Waals surface area contributed by atoms with Crippen LogP contribution in [0.15, 0.2) is 24.3 Å². The second kappa shape index (κ2) is 7.01. The molecule has 24 heavy (non-hydrogen) atoms. The molecule has 0 unspecified atom stereocenters. The van der Waals surface area contributed by atoms with Crippen LogP contribution in [0.3, 0.4) is 0 Å². The van der Waals surface area contributed by atoms with Crippen molar-refractivity contribution < 1.29 is 27.8 Å². The number of nitrogens with zero attached hydrogens (tertiary/aromatic N) is 1. The molecule has 0 atom stereocenters. The Hall–Kier alpha value is -1.76.